The van der Waals surface area contributed by atoms with Crippen LogP contribution >= 0.6 is 11.6 Å². The molecule has 132 valence electrons. The van der Waals surface area contributed by atoms with Gasteiger partial charge in [-0.05, 0) is 23.3 Å². The van der Waals surface area contributed by atoms with Crippen molar-refractivity contribution in [3.63, 3.8) is 0 Å². The summed E-state index contributed by atoms with van der Waals surface area (Å²) in [4.78, 5) is 30.5. The highest BCUT2D eigenvalue weighted by Crippen LogP contribution is 2.25. The molecule has 6 nitrogen and oxygen atoms in total. The molecule has 0 bridgehead atoms. The third kappa shape index (κ3) is 3.45. The predicted molar refractivity (Wildman–Crippen MR) is 106 cm³/mol. The van der Waals surface area contributed by atoms with E-state index in [9.17, 15) is 9.59 Å². The molecule has 0 spiro atoms. The third-order valence-corrected chi connectivity index (χ3v) is 4.33. The Morgan fingerprint density at radius 2 is 2.00 bits per heavy atom. The third-order valence-electron chi connectivity index (χ3n) is 4.03. The number of benzene rings is 2. The number of aromatic amines is 1. The number of nitrogens with zero attached hydrogens (tertiary/aromatic N) is 2. The zero-order chi connectivity index (χ0) is 18.7. The van der Waals surface area contributed by atoms with Crippen LogP contribution in [0.5, 0.6) is 0 Å². The van der Waals surface area contributed by atoms with Crippen LogP contribution in [0.4, 0.5) is 0 Å². The van der Waals surface area contributed by atoms with Crippen molar-refractivity contribution in [2.45, 2.75) is 6.54 Å². The first kappa shape index (κ1) is 17.7. The Morgan fingerprint density at radius 1 is 1.27 bits per heavy atom. The van der Waals surface area contributed by atoms with Gasteiger partial charge in [0.05, 0.1) is 22.6 Å². The summed E-state index contributed by atoms with van der Waals surface area (Å²) in [6.45, 7) is 0.519. The van der Waals surface area contributed by atoms with Crippen LogP contribution in [0.3, 0.4) is 0 Å². The first-order valence-electron chi connectivity index (χ1n) is 7.90. The minimum Gasteiger partial charge on any atom is -0.404 e. The van der Waals surface area contributed by atoms with Gasteiger partial charge in [0, 0.05) is 25.0 Å². The van der Waals surface area contributed by atoms with Gasteiger partial charge in [-0.15, -0.1) is 0 Å². The van der Waals surface area contributed by atoms with E-state index >= 15 is 0 Å². The van der Waals surface area contributed by atoms with Crippen molar-refractivity contribution in [1.82, 2.24) is 9.55 Å². The minimum absolute atomic E-state index is 0.320. The molecule has 0 aliphatic rings. The van der Waals surface area contributed by atoms with Crippen molar-refractivity contribution in [3.05, 3.63) is 85.5 Å². The molecule has 0 aliphatic heterocycles. The van der Waals surface area contributed by atoms with Crippen LogP contribution in [-0.2, 0) is 13.6 Å². The van der Waals surface area contributed by atoms with Gasteiger partial charge in [-0.3, -0.25) is 14.6 Å². The van der Waals surface area contributed by atoms with Crippen LogP contribution in [0, 0.1) is 0 Å². The van der Waals surface area contributed by atoms with Crippen LogP contribution in [0.15, 0.2) is 63.2 Å². The first-order chi connectivity index (χ1) is 12.5. The van der Waals surface area contributed by atoms with Crippen molar-refractivity contribution in [3.8, 4) is 0 Å². The summed E-state index contributed by atoms with van der Waals surface area (Å²) in [5, 5.41) is 0.320. The lowest BCUT2D eigenvalue weighted by Gasteiger charge is -2.09. The Morgan fingerprint density at radius 3 is 2.69 bits per heavy atom. The van der Waals surface area contributed by atoms with Crippen LogP contribution in [-0.4, -0.2) is 15.8 Å². The number of H-pyrrole nitrogens is 1. The number of aliphatic imine (C=N–C) groups is 1. The molecule has 1 aromatic heterocycles. The number of nitrogens with two attached hydrogens (primary N) is 1. The van der Waals surface area contributed by atoms with Crippen LogP contribution < -0.4 is 16.9 Å². The lowest BCUT2D eigenvalue weighted by molar-refractivity contribution is 0.874. The van der Waals surface area contributed by atoms with Gasteiger partial charge in [-0.2, -0.15) is 0 Å². The number of allylic oxidation sites excluding steroid dienone is 1. The average molecular weight is 369 g/mol. The summed E-state index contributed by atoms with van der Waals surface area (Å²) in [5.41, 5.74) is 7.73. The van der Waals surface area contributed by atoms with E-state index in [1.807, 2.05) is 30.3 Å². The smallest absolute Gasteiger partial charge is 0.316 e. The fraction of sp³-hybridized carbons (Fsp3) is 0.105. The quantitative estimate of drug-likeness (QED) is 0.547. The summed E-state index contributed by atoms with van der Waals surface area (Å²) in [5.74, 6) is 0. The molecule has 0 unspecified atom stereocenters. The SMILES string of the molecule is Cn1c(=O)c(=O)[nH]c2c(Cl)cc(C(C=NCc3ccccc3)=CN)cc21. The number of aromatic nitrogens is 2. The molecule has 3 aromatic rings. The fourth-order valence-electron chi connectivity index (χ4n) is 2.62. The molecule has 1 heterocycles. The van der Waals surface area contributed by atoms with E-state index in [-0.39, 0.29) is 0 Å². The second-order valence-electron chi connectivity index (χ2n) is 5.75. The summed E-state index contributed by atoms with van der Waals surface area (Å²) >= 11 is 6.29. The molecule has 0 saturated heterocycles. The summed E-state index contributed by atoms with van der Waals surface area (Å²) in [6, 6.07) is 13.3. The summed E-state index contributed by atoms with van der Waals surface area (Å²) in [6.07, 6.45) is 3.09. The Bertz CT molecular complexity index is 1130. The maximum atomic E-state index is 11.9. The molecule has 3 N–H and O–H groups in total. The molecule has 0 radical (unpaired) electrons. The van der Waals surface area contributed by atoms with Crippen molar-refractivity contribution in [2.75, 3.05) is 0 Å². The number of aryl methyl sites for hydroxylation is 1. The number of rotatable bonds is 4. The molecular formula is C19H17ClN4O2. The molecule has 0 amide bonds. The van der Waals surface area contributed by atoms with Crippen LogP contribution in [0.2, 0.25) is 5.02 Å². The van der Waals surface area contributed by atoms with Crippen molar-refractivity contribution >= 4 is 34.4 Å². The highest BCUT2D eigenvalue weighted by atomic mass is 35.5. The van der Waals surface area contributed by atoms with E-state index in [1.54, 1.807) is 18.3 Å². The highest BCUT2D eigenvalue weighted by Gasteiger charge is 2.11. The maximum absolute atomic E-state index is 11.9. The molecule has 0 atom stereocenters. The van der Waals surface area contributed by atoms with Gasteiger partial charge in [-0.1, -0.05) is 41.9 Å². The monoisotopic (exact) mass is 368 g/mol. The summed E-state index contributed by atoms with van der Waals surface area (Å²) < 4.78 is 1.26. The second kappa shape index (κ2) is 7.41. The molecular weight excluding hydrogens is 352 g/mol. The maximum Gasteiger partial charge on any atom is 0.316 e. The Labute approximate surface area is 154 Å². The molecule has 7 heteroatoms. The topological polar surface area (TPSA) is 93.2 Å². The van der Waals surface area contributed by atoms with Gasteiger partial charge < -0.3 is 15.3 Å². The van der Waals surface area contributed by atoms with Crippen LogP contribution in [0.1, 0.15) is 11.1 Å². The predicted octanol–water partition coefficient (Wildman–Crippen LogP) is 2.45. The van der Waals surface area contributed by atoms with Crippen molar-refractivity contribution < 1.29 is 0 Å². The second-order valence-corrected chi connectivity index (χ2v) is 6.16. The largest absolute Gasteiger partial charge is 0.404 e. The van der Waals surface area contributed by atoms with Gasteiger partial charge in [0.15, 0.2) is 0 Å². The van der Waals surface area contributed by atoms with E-state index < -0.39 is 11.1 Å². The van der Waals surface area contributed by atoms with E-state index in [1.165, 1.54) is 17.8 Å². The molecule has 26 heavy (non-hydrogen) atoms. The summed E-state index contributed by atoms with van der Waals surface area (Å²) in [7, 11) is 1.52. The van der Waals surface area contributed by atoms with Crippen molar-refractivity contribution in [2.24, 2.45) is 17.8 Å². The first-order valence-corrected chi connectivity index (χ1v) is 8.27. The molecule has 0 saturated carbocycles. The lowest BCUT2D eigenvalue weighted by atomic mass is 10.1. The van der Waals surface area contributed by atoms with E-state index in [0.29, 0.717) is 33.7 Å². The normalized spacial score (nSPS) is 12.2. The zero-order valence-corrected chi connectivity index (χ0v) is 14.8. The highest BCUT2D eigenvalue weighted by molar-refractivity contribution is 6.35. The number of halogens is 1. The van der Waals surface area contributed by atoms with E-state index in [0.717, 1.165) is 5.56 Å². The van der Waals surface area contributed by atoms with Gasteiger partial charge in [0.2, 0.25) is 0 Å². The minimum atomic E-state index is -0.714. The molecule has 2 aromatic carbocycles. The standard InChI is InChI=1S/C19H17ClN4O2/c1-24-16-8-13(7-15(20)17(16)23-18(25)19(24)26)14(9-21)11-22-10-12-5-3-2-4-6-12/h2-9,11H,10,21H2,1H3,(H,23,25). The molecule has 0 fully saturated rings. The number of hydrogen-bond acceptors (Lipinski definition) is 4. The number of nitrogens with one attached hydrogen (secondary N) is 1. The average Bonchev–Trinajstić information content (AvgIpc) is 2.65. The Kier molecular flexibility index (Phi) is 5.04. The number of hydrogen-bond donors (Lipinski definition) is 2. The van der Waals surface area contributed by atoms with E-state index in [2.05, 4.69) is 9.98 Å². The lowest BCUT2D eigenvalue weighted by Crippen LogP contribution is -2.34. The molecule has 3 rings (SSSR count). The van der Waals surface area contributed by atoms with Gasteiger partial charge in [0.25, 0.3) is 0 Å². The Hall–Kier alpha value is -3.12. The van der Waals surface area contributed by atoms with Gasteiger partial charge in [0.1, 0.15) is 0 Å². The van der Waals surface area contributed by atoms with Gasteiger partial charge in [-0.25, -0.2) is 0 Å². The Balaban J connectivity index is 2.00. The van der Waals surface area contributed by atoms with Crippen LogP contribution in [0.25, 0.3) is 16.6 Å². The fourth-order valence-corrected chi connectivity index (χ4v) is 2.88. The number of fused-ring (bicyclic) bond motifs is 1. The van der Waals surface area contributed by atoms with Gasteiger partial charge >= 0.3 is 11.1 Å². The van der Waals surface area contributed by atoms with Crippen molar-refractivity contribution in [1.29, 1.82) is 0 Å². The zero-order valence-electron chi connectivity index (χ0n) is 14.1. The van der Waals surface area contributed by atoms with E-state index in [4.69, 9.17) is 17.3 Å². The molecule has 0 aliphatic carbocycles.